The van der Waals surface area contributed by atoms with Gasteiger partial charge in [0.1, 0.15) is 11.5 Å². The molecule has 5 nitrogen and oxygen atoms in total. The van der Waals surface area contributed by atoms with Gasteiger partial charge in [0.15, 0.2) is 6.29 Å². The summed E-state index contributed by atoms with van der Waals surface area (Å²) in [7, 11) is 0. The van der Waals surface area contributed by atoms with Gasteiger partial charge < -0.3 is 18.9 Å². The molecule has 1 atom stereocenters. The Morgan fingerprint density at radius 1 is 0.842 bits per heavy atom. The molecule has 210 valence electrons. The highest BCUT2D eigenvalue weighted by Gasteiger charge is 2.23. The summed E-state index contributed by atoms with van der Waals surface area (Å²) in [5, 5.41) is 0. The van der Waals surface area contributed by atoms with Crippen molar-refractivity contribution in [3.05, 3.63) is 59.7 Å². The number of esters is 1. The Kier molecular flexibility index (Phi) is 13.7. The molecule has 0 aromatic heterocycles. The Morgan fingerprint density at radius 3 is 2.13 bits per heavy atom. The van der Waals surface area contributed by atoms with Crippen LogP contribution in [0.4, 0.5) is 0 Å². The first-order valence-corrected chi connectivity index (χ1v) is 14.9. The van der Waals surface area contributed by atoms with Crippen LogP contribution in [0.25, 0.3) is 0 Å². The van der Waals surface area contributed by atoms with E-state index < -0.39 is 0 Å². The number of rotatable bonds is 17. The summed E-state index contributed by atoms with van der Waals surface area (Å²) in [6, 6.07) is 14.5. The molecule has 0 bridgehead atoms. The smallest absolute Gasteiger partial charge is 0.343 e. The molecule has 0 unspecified atom stereocenters. The standard InChI is InChI=1S/C33H48O5/c1-4-6-7-8-9-10-11-14-27-24-36-33(37-25-27)29-17-21-31(22-18-29)38-32(34)28-15-19-30(20-16-28)35-23-12-13-26(3)5-2/h15-22,26-27,33H,4-14,23-25H2,1-3H3/t26-,27?,33?/m0/s1. The monoisotopic (exact) mass is 524 g/mol. The summed E-state index contributed by atoms with van der Waals surface area (Å²) in [6.07, 6.45) is 13.5. The van der Waals surface area contributed by atoms with Crippen LogP contribution in [0.2, 0.25) is 0 Å². The number of unbranched alkanes of at least 4 members (excludes halogenated alkanes) is 6. The molecular weight excluding hydrogens is 476 g/mol. The van der Waals surface area contributed by atoms with Gasteiger partial charge in [-0.2, -0.15) is 0 Å². The Bertz CT molecular complexity index is 900. The maximum atomic E-state index is 12.6. The van der Waals surface area contributed by atoms with Crippen LogP contribution in [0.15, 0.2) is 48.5 Å². The van der Waals surface area contributed by atoms with Crippen LogP contribution in [0, 0.1) is 11.8 Å². The van der Waals surface area contributed by atoms with Crippen molar-refractivity contribution < 1.29 is 23.7 Å². The van der Waals surface area contributed by atoms with Gasteiger partial charge in [-0.1, -0.05) is 84.3 Å². The van der Waals surface area contributed by atoms with Gasteiger partial charge in [-0.25, -0.2) is 4.79 Å². The fourth-order valence-electron chi connectivity index (χ4n) is 4.66. The Morgan fingerprint density at radius 2 is 1.47 bits per heavy atom. The minimum absolute atomic E-state index is 0.359. The maximum absolute atomic E-state index is 12.6. The molecule has 2 aromatic rings. The molecule has 0 aliphatic carbocycles. The fourth-order valence-corrected chi connectivity index (χ4v) is 4.66. The number of hydrogen-bond donors (Lipinski definition) is 0. The lowest BCUT2D eigenvalue weighted by atomic mass is 10.0. The third-order valence-electron chi connectivity index (χ3n) is 7.44. The second-order valence-corrected chi connectivity index (χ2v) is 10.8. The van der Waals surface area contributed by atoms with Crippen LogP contribution in [-0.4, -0.2) is 25.8 Å². The molecule has 0 radical (unpaired) electrons. The number of hydrogen-bond acceptors (Lipinski definition) is 5. The van der Waals surface area contributed by atoms with Crippen molar-refractivity contribution in [1.82, 2.24) is 0 Å². The lowest BCUT2D eigenvalue weighted by molar-refractivity contribution is -0.206. The zero-order chi connectivity index (χ0) is 27.0. The molecule has 0 saturated carbocycles. The van der Waals surface area contributed by atoms with Crippen molar-refractivity contribution >= 4 is 5.97 Å². The summed E-state index contributed by atoms with van der Waals surface area (Å²) < 4.78 is 23.4. The molecule has 38 heavy (non-hydrogen) atoms. The van der Waals surface area contributed by atoms with E-state index in [1.165, 1.54) is 64.2 Å². The third-order valence-corrected chi connectivity index (χ3v) is 7.44. The van der Waals surface area contributed by atoms with Crippen LogP contribution in [-0.2, 0) is 9.47 Å². The van der Waals surface area contributed by atoms with Crippen molar-refractivity contribution in [3.63, 3.8) is 0 Å². The highest BCUT2D eigenvalue weighted by Crippen LogP contribution is 2.29. The summed E-state index contributed by atoms with van der Waals surface area (Å²) in [5.41, 5.74) is 1.43. The lowest BCUT2D eigenvalue weighted by Gasteiger charge is -2.29. The zero-order valence-electron chi connectivity index (χ0n) is 23.8. The molecule has 5 heteroatoms. The first-order valence-electron chi connectivity index (χ1n) is 14.9. The van der Waals surface area contributed by atoms with Gasteiger partial charge in [0, 0.05) is 11.5 Å². The Labute approximate surface area is 230 Å². The predicted molar refractivity (Wildman–Crippen MR) is 153 cm³/mol. The molecule has 1 saturated heterocycles. The molecule has 3 rings (SSSR count). The van der Waals surface area contributed by atoms with Crippen molar-refractivity contribution in [2.24, 2.45) is 11.8 Å². The number of benzene rings is 2. The molecule has 1 aliphatic rings. The van der Waals surface area contributed by atoms with E-state index in [1.54, 1.807) is 24.3 Å². The van der Waals surface area contributed by atoms with Gasteiger partial charge in [-0.05, 0) is 61.6 Å². The van der Waals surface area contributed by atoms with E-state index in [1.807, 2.05) is 24.3 Å². The number of carbonyl (C=O) groups is 1. The minimum atomic E-state index is -0.389. The number of ether oxygens (including phenoxy) is 4. The zero-order valence-corrected chi connectivity index (χ0v) is 23.8. The Hall–Kier alpha value is -2.37. The van der Waals surface area contributed by atoms with E-state index in [-0.39, 0.29) is 12.3 Å². The maximum Gasteiger partial charge on any atom is 0.343 e. The SMILES string of the molecule is CCCCCCCCCC1COC(c2ccc(OC(=O)c3ccc(OCCC[C@@H](C)CC)cc3)cc2)OC1. The van der Waals surface area contributed by atoms with Crippen molar-refractivity contribution in [1.29, 1.82) is 0 Å². The van der Waals surface area contributed by atoms with E-state index >= 15 is 0 Å². The Balaban J connectivity index is 1.35. The average molecular weight is 525 g/mol. The van der Waals surface area contributed by atoms with E-state index in [9.17, 15) is 4.79 Å². The van der Waals surface area contributed by atoms with E-state index in [0.717, 1.165) is 36.9 Å². The molecular formula is C33H48O5. The third kappa shape index (κ3) is 10.8. The van der Waals surface area contributed by atoms with Crippen molar-refractivity contribution in [2.75, 3.05) is 19.8 Å². The van der Waals surface area contributed by atoms with Crippen molar-refractivity contribution in [3.8, 4) is 11.5 Å². The van der Waals surface area contributed by atoms with Crippen LogP contribution in [0.3, 0.4) is 0 Å². The largest absolute Gasteiger partial charge is 0.494 e. The van der Waals surface area contributed by atoms with Gasteiger partial charge in [-0.15, -0.1) is 0 Å². The van der Waals surface area contributed by atoms with Crippen molar-refractivity contribution in [2.45, 2.75) is 97.7 Å². The van der Waals surface area contributed by atoms with Gasteiger partial charge >= 0.3 is 5.97 Å². The van der Waals surface area contributed by atoms with Gasteiger partial charge in [0.05, 0.1) is 25.4 Å². The highest BCUT2D eigenvalue weighted by molar-refractivity contribution is 5.91. The van der Waals surface area contributed by atoms with E-state index in [0.29, 0.717) is 23.8 Å². The second-order valence-electron chi connectivity index (χ2n) is 10.8. The van der Waals surface area contributed by atoms with Gasteiger partial charge in [0.2, 0.25) is 0 Å². The van der Waals surface area contributed by atoms with Crippen LogP contribution in [0.1, 0.15) is 114 Å². The minimum Gasteiger partial charge on any atom is -0.494 e. The topological polar surface area (TPSA) is 54.0 Å². The van der Waals surface area contributed by atoms with Crippen LogP contribution >= 0.6 is 0 Å². The average Bonchev–Trinajstić information content (AvgIpc) is 2.96. The quantitative estimate of drug-likeness (QED) is 0.117. The fraction of sp³-hybridized carbons (Fsp3) is 0.606. The normalized spacial score (nSPS) is 18.2. The van der Waals surface area contributed by atoms with Gasteiger partial charge in [-0.3, -0.25) is 0 Å². The molecule has 1 heterocycles. The molecule has 1 fully saturated rings. The van der Waals surface area contributed by atoms with E-state index in [2.05, 4.69) is 20.8 Å². The van der Waals surface area contributed by atoms with E-state index in [4.69, 9.17) is 18.9 Å². The molecule has 2 aromatic carbocycles. The van der Waals surface area contributed by atoms with Crippen LogP contribution in [0.5, 0.6) is 11.5 Å². The van der Waals surface area contributed by atoms with Crippen LogP contribution < -0.4 is 9.47 Å². The summed E-state index contributed by atoms with van der Waals surface area (Å²) >= 11 is 0. The molecule has 0 amide bonds. The lowest BCUT2D eigenvalue weighted by Crippen LogP contribution is -2.27. The molecule has 1 aliphatic heterocycles. The molecule has 0 N–H and O–H groups in total. The number of carbonyl (C=O) groups excluding carboxylic acids is 1. The highest BCUT2D eigenvalue weighted by atomic mass is 16.7. The summed E-state index contributed by atoms with van der Waals surface area (Å²) in [4.78, 5) is 12.6. The second kappa shape index (κ2) is 17.3. The predicted octanol–water partition coefficient (Wildman–Crippen LogP) is 8.91. The first kappa shape index (κ1) is 30.2. The molecule has 0 spiro atoms. The first-order chi connectivity index (χ1) is 18.6. The summed E-state index contributed by atoms with van der Waals surface area (Å²) in [5.74, 6) is 2.08. The summed E-state index contributed by atoms with van der Waals surface area (Å²) in [6.45, 7) is 8.88. The van der Waals surface area contributed by atoms with Gasteiger partial charge in [0.25, 0.3) is 0 Å².